The summed E-state index contributed by atoms with van der Waals surface area (Å²) in [5.41, 5.74) is 6.17. The molecule has 4 heteroatoms. The Morgan fingerprint density at radius 2 is 2.50 bits per heavy atom. The maximum absolute atomic E-state index is 11.4. The van der Waals surface area contributed by atoms with Crippen LogP contribution in [0.25, 0.3) is 0 Å². The van der Waals surface area contributed by atoms with Gasteiger partial charge in [0, 0.05) is 19.2 Å². The average molecular weight is 189 g/mol. The fourth-order valence-electron chi connectivity index (χ4n) is 0.939. The number of nitrogen functional groups attached to an aromatic ring is 1. The van der Waals surface area contributed by atoms with E-state index in [9.17, 15) is 4.79 Å². The molecule has 0 unspecified atom stereocenters. The monoisotopic (exact) mass is 189 g/mol. The van der Waals surface area contributed by atoms with Crippen LogP contribution in [0.4, 0.5) is 5.69 Å². The van der Waals surface area contributed by atoms with Gasteiger partial charge in [-0.05, 0) is 12.1 Å². The predicted octanol–water partition coefficient (Wildman–Crippen LogP) is 0.417. The minimum absolute atomic E-state index is 0.240. The number of rotatable bonds is 3. The molecule has 3 N–H and O–H groups in total. The van der Waals surface area contributed by atoms with Crippen LogP contribution in [0.5, 0.6) is 0 Å². The summed E-state index contributed by atoms with van der Waals surface area (Å²) in [4.78, 5) is 15.3. The van der Waals surface area contributed by atoms with E-state index in [-0.39, 0.29) is 11.6 Å². The highest BCUT2D eigenvalue weighted by Gasteiger charge is 2.08. The first-order valence-electron chi connectivity index (χ1n) is 4.18. The van der Waals surface area contributed by atoms with Crippen LogP contribution in [-0.4, -0.2) is 17.4 Å². The van der Waals surface area contributed by atoms with Gasteiger partial charge in [-0.1, -0.05) is 0 Å². The summed E-state index contributed by atoms with van der Waals surface area (Å²) < 4.78 is 0. The van der Waals surface area contributed by atoms with Crippen molar-refractivity contribution in [2.75, 3.05) is 12.3 Å². The molecule has 0 saturated carbocycles. The highest BCUT2D eigenvalue weighted by molar-refractivity contribution is 5.96. The van der Waals surface area contributed by atoms with Crippen LogP contribution in [0.15, 0.2) is 18.3 Å². The molecule has 14 heavy (non-hydrogen) atoms. The van der Waals surface area contributed by atoms with Crippen molar-refractivity contribution >= 4 is 11.6 Å². The molecule has 4 nitrogen and oxygen atoms in total. The highest BCUT2D eigenvalue weighted by atomic mass is 16.1. The van der Waals surface area contributed by atoms with Gasteiger partial charge in [-0.2, -0.15) is 0 Å². The smallest absolute Gasteiger partial charge is 0.272 e. The quantitative estimate of drug-likeness (QED) is 0.534. The standard InChI is InChI=1S/C10H11N3O/c1-2-3-6-13-10(14)9-8(11)5-4-7-12-9/h1,4-5,7H,3,6,11H2,(H,13,14). The number of carbonyl (C=O) groups excluding carboxylic acids is 1. The summed E-state index contributed by atoms with van der Waals surface area (Å²) in [7, 11) is 0. The van der Waals surface area contributed by atoms with E-state index in [0.29, 0.717) is 18.7 Å². The van der Waals surface area contributed by atoms with Gasteiger partial charge in [-0.15, -0.1) is 12.3 Å². The minimum atomic E-state index is -0.293. The summed E-state index contributed by atoms with van der Waals surface area (Å²) in [6.45, 7) is 0.436. The van der Waals surface area contributed by atoms with Crippen LogP contribution in [0, 0.1) is 12.3 Å². The number of terminal acetylenes is 1. The van der Waals surface area contributed by atoms with Gasteiger partial charge in [-0.25, -0.2) is 4.98 Å². The Balaban J connectivity index is 2.62. The largest absolute Gasteiger partial charge is 0.397 e. The number of aromatic nitrogens is 1. The molecular formula is C10H11N3O. The van der Waals surface area contributed by atoms with Crippen LogP contribution in [0.3, 0.4) is 0 Å². The van der Waals surface area contributed by atoms with E-state index in [1.54, 1.807) is 12.1 Å². The number of nitrogens with one attached hydrogen (secondary N) is 1. The topological polar surface area (TPSA) is 68.0 Å². The zero-order chi connectivity index (χ0) is 10.4. The first kappa shape index (κ1) is 10.1. The van der Waals surface area contributed by atoms with E-state index in [1.165, 1.54) is 6.20 Å². The SMILES string of the molecule is C#CCCNC(=O)c1ncccc1N. The fraction of sp³-hybridized carbons (Fsp3) is 0.200. The number of hydrogen-bond donors (Lipinski definition) is 2. The Morgan fingerprint density at radius 1 is 1.71 bits per heavy atom. The van der Waals surface area contributed by atoms with Crippen LogP contribution in [0.1, 0.15) is 16.9 Å². The van der Waals surface area contributed by atoms with Gasteiger partial charge in [0.15, 0.2) is 5.69 Å². The minimum Gasteiger partial charge on any atom is -0.397 e. The van der Waals surface area contributed by atoms with Gasteiger partial charge < -0.3 is 11.1 Å². The maximum atomic E-state index is 11.4. The summed E-state index contributed by atoms with van der Waals surface area (Å²) in [6, 6.07) is 3.30. The lowest BCUT2D eigenvalue weighted by atomic mass is 10.3. The van der Waals surface area contributed by atoms with E-state index in [0.717, 1.165) is 0 Å². The normalized spacial score (nSPS) is 9.07. The molecule has 72 valence electrons. The Labute approximate surface area is 82.5 Å². The van der Waals surface area contributed by atoms with Crippen LogP contribution >= 0.6 is 0 Å². The molecule has 0 atom stereocenters. The number of anilines is 1. The van der Waals surface area contributed by atoms with E-state index in [4.69, 9.17) is 12.2 Å². The van der Waals surface area contributed by atoms with Crippen LogP contribution < -0.4 is 11.1 Å². The Hall–Kier alpha value is -2.02. The molecule has 0 bridgehead atoms. The summed E-state index contributed by atoms with van der Waals surface area (Å²) in [6.07, 6.45) is 7.06. The molecule has 0 aliphatic rings. The lowest BCUT2D eigenvalue weighted by Crippen LogP contribution is -2.26. The second kappa shape index (κ2) is 4.87. The number of pyridine rings is 1. The number of carbonyl (C=O) groups is 1. The number of nitrogens with two attached hydrogens (primary N) is 1. The van der Waals surface area contributed by atoms with Gasteiger partial charge in [0.25, 0.3) is 5.91 Å². The summed E-state index contributed by atoms with van der Waals surface area (Å²) in [5.74, 6) is 2.13. The third-order valence-corrected chi connectivity index (χ3v) is 1.61. The lowest BCUT2D eigenvalue weighted by Gasteiger charge is -2.03. The van der Waals surface area contributed by atoms with Gasteiger partial charge in [0.2, 0.25) is 0 Å². The molecular weight excluding hydrogens is 178 g/mol. The van der Waals surface area contributed by atoms with Gasteiger partial charge >= 0.3 is 0 Å². The van der Waals surface area contributed by atoms with Crippen molar-refractivity contribution in [3.63, 3.8) is 0 Å². The van der Waals surface area contributed by atoms with E-state index < -0.39 is 0 Å². The van der Waals surface area contributed by atoms with Crippen molar-refractivity contribution in [2.24, 2.45) is 0 Å². The Kier molecular flexibility index (Phi) is 3.50. The Morgan fingerprint density at radius 3 is 3.14 bits per heavy atom. The summed E-state index contributed by atoms with van der Waals surface area (Å²) >= 11 is 0. The molecule has 0 aliphatic carbocycles. The van der Waals surface area contributed by atoms with Crippen LogP contribution in [0.2, 0.25) is 0 Å². The molecule has 0 saturated heterocycles. The van der Waals surface area contributed by atoms with E-state index in [2.05, 4.69) is 16.2 Å². The van der Waals surface area contributed by atoms with Crippen molar-refractivity contribution in [3.8, 4) is 12.3 Å². The van der Waals surface area contributed by atoms with Crippen molar-refractivity contribution in [1.82, 2.24) is 10.3 Å². The van der Waals surface area contributed by atoms with Gasteiger partial charge in [0.05, 0.1) is 5.69 Å². The fourth-order valence-corrected chi connectivity index (χ4v) is 0.939. The zero-order valence-corrected chi connectivity index (χ0v) is 7.66. The highest BCUT2D eigenvalue weighted by Crippen LogP contribution is 2.05. The second-order valence-electron chi connectivity index (χ2n) is 2.65. The zero-order valence-electron chi connectivity index (χ0n) is 7.66. The first-order chi connectivity index (χ1) is 6.75. The van der Waals surface area contributed by atoms with Crippen molar-refractivity contribution < 1.29 is 4.79 Å². The molecule has 0 aromatic carbocycles. The number of amides is 1. The number of hydrogen-bond acceptors (Lipinski definition) is 3. The molecule has 0 fully saturated rings. The van der Waals surface area contributed by atoms with Crippen molar-refractivity contribution in [1.29, 1.82) is 0 Å². The second-order valence-corrected chi connectivity index (χ2v) is 2.65. The van der Waals surface area contributed by atoms with Gasteiger partial charge in [0.1, 0.15) is 0 Å². The predicted molar refractivity (Wildman–Crippen MR) is 54.4 cm³/mol. The molecule has 1 heterocycles. The van der Waals surface area contributed by atoms with Crippen molar-refractivity contribution in [2.45, 2.75) is 6.42 Å². The number of nitrogens with zero attached hydrogens (tertiary/aromatic N) is 1. The Bertz CT molecular complexity index is 368. The molecule has 1 aromatic heterocycles. The summed E-state index contributed by atoms with van der Waals surface area (Å²) in [5, 5.41) is 2.62. The van der Waals surface area contributed by atoms with Crippen LogP contribution in [-0.2, 0) is 0 Å². The molecule has 1 aromatic rings. The average Bonchev–Trinajstić information content (AvgIpc) is 2.18. The molecule has 1 amide bonds. The third-order valence-electron chi connectivity index (χ3n) is 1.61. The maximum Gasteiger partial charge on any atom is 0.272 e. The molecule has 0 radical (unpaired) electrons. The molecule has 0 aliphatic heterocycles. The molecule has 1 rings (SSSR count). The molecule has 0 spiro atoms. The van der Waals surface area contributed by atoms with E-state index >= 15 is 0 Å². The van der Waals surface area contributed by atoms with E-state index in [1.807, 2.05) is 0 Å². The first-order valence-corrected chi connectivity index (χ1v) is 4.18. The van der Waals surface area contributed by atoms with Gasteiger partial charge in [-0.3, -0.25) is 4.79 Å². The van der Waals surface area contributed by atoms with Crippen molar-refractivity contribution in [3.05, 3.63) is 24.0 Å². The third kappa shape index (κ3) is 2.49. The lowest BCUT2D eigenvalue weighted by molar-refractivity contribution is 0.0950.